The third kappa shape index (κ3) is 7.59. The van der Waals surface area contributed by atoms with Crippen LogP contribution in [0, 0.1) is 37.2 Å². The Labute approximate surface area is 258 Å². The fourth-order valence-electron chi connectivity index (χ4n) is 6.48. The van der Waals surface area contributed by atoms with Gasteiger partial charge in [-0.05, 0) is 63.7 Å². The van der Waals surface area contributed by atoms with Crippen molar-refractivity contribution in [1.29, 1.82) is 0 Å². The summed E-state index contributed by atoms with van der Waals surface area (Å²) >= 11 is 0. The van der Waals surface area contributed by atoms with E-state index in [4.69, 9.17) is 25.8 Å². The predicted molar refractivity (Wildman–Crippen MR) is 165 cm³/mol. The van der Waals surface area contributed by atoms with Crippen LogP contribution in [0.25, 0.3) is 21.9 Å². The van der Waals surface area contributed by atoms with E-state index in [1.165, 1.54) is 0 Å². The van der Waals surface area contributed by atoms with Crippen molar-refractivity contribution in [1.82, 2.24) is 19.9 Å². The maximum Gasteiger partial charge on any atom is 0.413 e. The van der Waals surface area contributed by atoms with Gasteiger partial charge in [0.25, 0.3) is 5.69 Å². The second-order valence-corrected chi connectivity index (χ2v) is 12.0. The van der Waals surface area contributed by atoms with Gasteiger partial charge in [-0.1, -0.05) is 50.6 Å². The number of rotatable bonds is 11. The summed E-state index contributed by atoms with van der Waals surface area (Å²) in [5.74, 6) is 1.32. The summed E-state index contributed by atoms with van der Waals surface area (Å²) in [6.45, 7) is 20.6. The first-order valence-electron chi connectivity index (χ1n) is 15.4. The molecule has 0 bridgehead atoms. The smallest absolute Gasteiger partial charge is 0.413 e. The lowest BCUT2D eigenvalue weighted by atomic mass is 9.67. The van der Waals surface area contributed by atoms with Gasteiger partial charge < -0.3 is 19.5 Å². The highest BCUT2D eigenvalue weighted by atomic mass is 16.6. The van der Waals surface area contributed by atoms with Gasteiger partial charge in [-0.15, -0.1) is 0 Å². The van der Waals surface area contributed by atoms with Crippen molar-refractivity contribution in [2.24, 2.45) is 23.7 Å². The minimum absolute atomic E-state index is 0.00358. The number of aromatic nitrogens is 3. The fraction of sp³-hybridized carbons (Fsp3) is 0.545. The minimum Gasteiger partial charge on any atom is -0.466 e. The van der Waals surface area contributed by atoms with Gasteiger partial charge in [-0.3, -0.25) is 14.7 Å². The Kier molecular flexibility index (Phi) is 10.7. The molecule has 236 valence electrons. The zero-order valence-corrected chi connectivity index (χ0v) is 26.4. The molecular weight excluding hydrogens is 562 g/mol. The predicted octanol–water partition coefficient (Wildman–Crippen LogP) is 6.41. The summed E-state index contributed by atoms with van der Waals surface area (Å²) < 4.78 is 17.4. The standard InChI is InChI=1S/C33H43N5O6/c1-8-42-27(39)16-24(17-28(40)43-9-2)35-33(41)44-32-29(34-7)26(18-25-21(5)14-20(4)15-22(25)6)31-36-30(37-38(31)32)23-12-10-19(3)11-13-23/h10-13,20-22,24-25H,8-9,14-18H2,1-6H3,(H,35,41)(H,36,37). The number of nitrogens with one attached hydrogen (secondary N) is 2. The molecule has 11 heteroatoms. The maximum absolute atomic E-state index is 13.3. The number of carbonyl (C=O) groups is 3. The van der Waals surface area contributed by atoms with E-state index in [9.17, 15) is 14.4 Å². The molecule has 1 amide bonds. The van der Waals surface area contributed by atoms with Crippen LogP contribution in [-0.2, 0) is 25.5 Å². The summed E-state index contributed by atoms with van der Waals surface area (Å²) in [6.07, 6.45) is 1.44. The van der Waals surface area contributed by atoms with Crippen LogP contribution in [0.15, 0.2) is 24.3 Å². The average Bonchev–Trinajstić information content (AvgIpc) is 3.49. The van der Waals surface area contributed by atoms with Gasteiger partial charge in [0.05, 0.1) is 38.7 Å². The van der Waals surface area contributed by atoms with E-state index < -0.39 is 24.1 Å². The van der Waals surface area contributed by atoms with Crippen molar-refractivity contribution >= 4 is 29.4 Å². The quantitative estimate of drug-likeness (QED) is 0.191. The van der Waals surface area contributed by atoms with Crippen LogP contribution in [0.4, 0.5) is 10.5 Å². The Morgan fingerprint density at radius 3 is 2.18 bits per heavy atom. The van der Waals surface area contributed by atoms with Crippen molar-refractivity contribution in [3.63, 3.8) is 0 Å². The SMILES string of the molecule is [C-]#[N+]c1c(CC2C(C)CC(C)CC2C)c2nc(-c3ccc(C)cc3)[nH]n2c1OC(=O)NC(CC(=O)OCC)CC(=O)OCC. The molecule has 2 unspecified atom stereocenters. The number of aromatic amines is 1. The Balaban J connectivity index is 1.70. The first kappa shape index (κ1) is 32.6. The molecule has 0 radical (unpaired) electrons. The lowest BCUT2D eigenvalue weighted by molar-refractivity contribution is -0.145. The number of fused-ring (bicyclic) bond motifs is 1. The summed E-state index contributed by atoms with van der Waals surface area (Å²) in [5, 5.41) is 5.83. The molecule has 1 aliphatic carbocycles. The Bertz CT molecular complexity index is 1490. The second-order valence-electron chi connectivity index (χ2n) is 12.0. The van der Waals surface area contributed by atoms with E-state index in [1.807, 2.05) is 31.2 Å². The Morgan fingerprint density at radius 2 is 1.64 bits per heavy atom. The second kappa shape index (κ2) is 14.4. The minimum atomic E-state index is -0.928. The van der Waals surface area contributed by atoms with Crippen molar-refractivity contribution in [2.45, 2.75) is 79.7 Å². The van der Waals surface area contributed by atoms with Crippen LogP contribution in [0.2, 0.25) is 0 Å². The zero-order chi connectivity index (χ0) is 32.0. The maximum atomic E-state index is 13.3. The summed E-state index contributed by atoms with van der Waals surface area (Å²) in [6, 6.07) is 6.96. The molecule has 1 aliphatic rings. The van der Waals surface area contributed by atoms with Crippen LogP contribution in [0.1, 0.15) is 71.4 Å². The largest absolute Gasteiger partial charge is 0.466 e. The van der Waals surface area contributed by atoms with Gasteiger partial charge in [0, 0.05) is 11.1 Å². The summed E-state index contributed by atoms with van der Waals surface area (Å²) in [4.78, 5) is 46.4. The molecule has 2 atom stereocenters. The van der Waals surface area contributed by atoms with E-state index in [1.54, 1.807) is 18.4 Å². The van der Waals surface area contributed by atoms with E-state index in [0.717, 1.165) is 29.5 Å². The number of aryl methyl sites for hydroxylation is 1. The molecule has 3 aromatic rings. The number of benzene rings is 1. The number of hydrogen-bond donors (Lipinski definition) is 2. The molecule has 44 heavy (non-hydrogen) atoms. The van der Waals surface area contributed by atoms with E-state index in [-0.39, 0.29) is 37.6 Å². The van der Waals surface area contributed by atoms with Crippen molar-refractivity contribution in [3.8, 4) is 17.3 Å². The lowest BCUT2D eigenvalue weighted by Gasteiger charge is -2.38. The average molecular weight is 606 g/mol. The number of esters is 2. The van der Waals surface area contributed by atoms with Gasteiger partial charge in [0.15, 0.2) is 5.82 Å². The molecule has 11 nitrogen and oxygen atoms in total. The number of nitrogens with zero attached hydrogens (tertiary/aromatic N) is 3. The van der Waals surface area contributed by atoms with Crippen LogP contribution in [0.3, 0.4) is 0 Å². The highest BCUT2D eigenvalue weighted by Crippen LogP contribution is 2.45. The van der Waals surface area contributed by atoms with Gasteiger partial charge in [0.2, 0.25) is 5.88 Å². The molecular formula is C33H43N5O6. The number of amides is 1. The first-order valence-corrected chi connectivity index (χ1v) is 15.4. The molecule has 0 spiro atoms. The lowest BCUT2D eigenvalue weighted by Crippen LogP contribution is -2.40. The van der Waals surface area contributed by atoms with E-state index in [2.05, 4.69) is 36.0 Å². The van der Waals surface area contributed by atoms with Gasteiger partial charge in [0.1, 0.15) is 5.65 Å². The molecule has 1 saturated carbocycles. The number of H-pyrrole nitrogens is 1. The first-order chi connectivity index (χ1) is 21.0. The summed E-state index contributed by atoms with van der Waals surface area (Å²) in [5.41, 5.74) is 3.42. The molecule has 4 rings (SSSR count). The van der Waals surface area contributed by atoms with E-state index >= 15 is 0 Å². The van der Waals surface area contributed by atoms with Gasteiger partial charge in [-0.25, -0.2) is 19.1 Å². The molecule has 0 aliphatic heterocycles. The van der Waals surface area contributed by atoms with Gasteiger partial charge in [-0.2, -0.15) is 0 Å². The Hall–Kier alpha value is -4.33. The topological polar surface area (TPSA) is 128 Å². The van der Waals surface area contributed by atoms with Gasteiger partial charge >= 0.3 is 18.0 Å². The normalized spacial score (nSPS) is 19.9. The van der Waals surface area contributed by atoms with Crippen LogP contribution in [0.5, 0.6) is 5.88 Å². The third-order valence-corrected chi connectivity index (χ3v) is 8.44. The van der Waals surface area contributed by atoms with Crippen molar-refractivity contribution in [3.05, 3.63) is 46.8 Å². The highest BCUT2D eigenvalue weighted by molar-refractivity contribution is 5.81. The monoisotopic (exact) mass is 605 g/mol. The molecule has 2 heterocycles. The van der Waals surface area contributed by atoms with E-state index in [0.29, 0.717) is 41.6 Å². The summed E-state index contributed by atoms with van der Waals surface area (Å²) in [7, 11) is 0. The fourth-order valence-corrected chi connectivity index (χ4v) is 6.48. The van der Waals surface area contributed by atoms with Crippen LogP contribution in [-0.4, -0.2) is 51.9 Å². The highest BCUT2D eigenvalue weighted by Gasteiger charge is 2.35. The molecule has 1 fully saturated rings. The Morgan fingerprint density at radius 1 is 1.05 bits per heavy atom. The number of carbonyl (C=O) groups excluding carboxylic acids is 3. The number of ether oxygens (including phenoxy) is 3. The molecule has 2 N–H and O–H groups in total. The van der Waals surface area contributed by atoms with Crippen LogP contribution < -0.4 is 10.1 Å². The van der Waals surface area contributed by atoms with Crippen molar-refractivity contribution < 1.29 is 28.6 Å². The molecule has 0 saturated heterocycles. The molecule has 1 aromatic carbocycles. The van der Waals surface area contributed by atoms with Crippen LogP contribution >= 0.6 is 0 Å². The number of hydrogen-bond acceptors (Lipinski definition) is 7. The third-order valence-electron chi connectivity index (χ3n) is 8.44. The van der Waals surface area contributed by atoms with Crippen molar-refractivity contribution in [2.75, 3.05) is 13.2 Å². The molecule has 2 aromatic heterocycles. The zero-order valence-electron chi connectivity index (χ0n) is 26.4.